The number of anilines is 2. The molecular formula is C27H31Cl2N7O3. The summed E-state index contributed by atoms with van der Waals surface area (Å²) in [5.74, 6) is -0.243. The summed E-state index contributed by atoms with van der Waals surface area (Å²) in [6.45, 7) is 5.41. The van der Waals surface area contributed by atoms with Crippen molar-refractivity contribution in [1.29, 1.82) is 0 Å². The van der Waals surface area contributed by atoms with Crippen molar-refractivity contribution in [2.45, 2.75) is 32.4 Å². The van der Waals surface area contributed by atoms with Gasteiger partial charge in [0.1, 0.15) is 0 Å². The largest absolute Gasteiger partial charge is 0.352 e. The SMILES string of the molecule is CN(C)CCCNC(=O)c1ccc(C(=O)Nc2n[nH]c3c2CN(C(=O)Nc2c(Cl)cccc2Cl)C3(C)C)cc1. The number of nitrogens with one attached hydrogen (secondary N) is 4. The number of carbonyl (C=O) groups excluding carboxylic acids is 3. The molecule has 4 amide bonds. The zero-order valence-corrected chi connectivity index (χ0v) is 23.7. The summed E-state index contributed by atoms with van der Waals surface area (Å²) in [6.07, 6.45) is 0.844. The van der Waals surface area contributed by atoms with Crippen LogP contribution in [0.5, 0.6) is 0 Å². The Morgan fingerprint density at radius 3 is 2.23 bits per heavy atom. The lowest BCUT2D eigenvalue weighted by Crippen LogP contribution is -2.43. The highest BCUT2D eigenvalue weighted by molar-refractivity contribution is 6.39. The van der Waals surface area contributed by atoms with E-state index in [4.69, 9.17) is 23.2 Å². The average molecular weight is 572 g/mol. The second-order valence-electron chi connectivity index (χ2n) is 10.0. The molecule has 0 atom stereocenters. The number of urea groups is 1. The Labute approximate surface area is 237 Å². The number of carbonyl (C=O) groups is 3. The fraction of sp³-hybridized carbons (Fsp3) is 0.333. The second-order valence-corrected chi connectivity index (χ2v) is 10.9. The Kier molecular flexibility index (Phi) is 8.48. The van der Waals surface area contributed by atoms with Gasteiger partial charge >= 0.3 is 6.03 Å². The van der Waals surface area contributed by atoms with Crippen molar-refractivity contribution in [1.82, 2.24) is 25.3 Å². The van der Waals surface area contributed by atoms with Crippen LogP contribution in [0.15, 0.2) is 42.5 Å². The van der Waals surface area contributed by atoms with Gasteiger partial charge in [0.05, 0.1) is 33.5 Å². The molecule has 1 aliphatic rings. The van der Waals surface area contributed by atoms with Crippen LogP contribution in [-0.2, 0) is 12.1 Å². The van der Waals surface area contributed by atoms with Crippen LogP contribution in [0, 0.1) is 0 Å². The van der Waals surface area contributed by atoms with Gasteiger partial charge in [-0.05, 0) is 77.3 Å². The minimum Gasteiger partial charge on any atom is -0.352 e. The van der Waals surface area contributed by atoms with Gasteiger partial charge in [0, 0.05) is 23.2 Å². The van der Waals surface area contributed by atoms with Crippen molar-refractivity contribution < 1.29 is 14.4 Å². The van der Waals surface area contributed by atoms with Crippen molar-refractivity contribution >= 4 is 52.6 Å². The number of para-hydroxylation sites is 1. The van der Waals surface area contributed by atoms with Crippen molar-refractivity contribution in [3.8, 4) is 0 Å². The molecule has 0 radical (unpaired) electrons. The number of hydrogen-bond donors (Lipinski definition) is 4. The Hall–Kier alpha value is -3.60. The third-order valence-corrected chi connectivity index (χ3v) is 7.25. The third-order valence-electron chi connectivity index (χ3n) is 6.62. The molecule has 39 heavy (non-hydrogen) atoms. The Balaban J connectivity index is 1.41. The predicted octanol–water partition coefficient (Wildman–Crippen LogP) is 4.93. The molecule has 0 unspecified atom stereocenters. The van der Waals surface area contributed by atoms with E-state index in [9.17, 15) is 14.4 Å². The number of aromatic nitrogens is 2. The van der Waals surface area contributed by atoms with Gasteiger partial charge in [-0.25, -0.2) is 4.79 Å². The van der Waals surface area contributed by atoms with Crippen molar-refractivity contribution in [2.24, 2.45) is 0 Å². The maximum Gasteiger partial charge on any atom is 0.323 e. The molecule has 0 saturated carbocycles. The zero-order valence-electron chi connectivity index (χ0n) is 22.2. The van der Waals surface area contributed by atoms with E-state index in [1.54, 1.807) is 47.4 Å². The number of H-pyrrole nitrogens is 1. The molecule has 1 aromatic heterocycles. The Morgan fingerprint density at radius 2 is 1.62 bits per heavy atom. The number of rotatable bonds is 8. The van der Waals surface area contributed by atoms with Crippen LogP contribution in [0.4, 0.5) is 16.3 Å². The molecule has 1 aliphatic heterocycles. The van der Waals surface area contributed by atoms with Gasteiger partial charge in [-0.2, -0.15) is 5.10 Å². The number of nitrogens with zero attached hydrogens (tertiary/aromatic N) is 3. The van der Waals surface area contributed by atoms with Crippen LogP contribution in [0.3, 0.4) is 0 Å². The van der Waals surface area contributed by atoms with Crippen LogP contribution < -0.4 is 16.0 Å². The van der Waals surface area contributed by atoms with Gasteiger partial charge in [0.15, 0.2) is 5.82 Å². The van der Waals surface area contributed by atoms with Crippen LogP contribution in [0.1, 0.15) is 52.2 Å². The molecule has 0 fully saturated rings. The third kappa shape index (κ3) is 6.19. The number of aromatic amines is 1. The fourth-order valence-corrected chi connectivity index (χ4v) is 4.88. The summed E-state index contributed by atoms with van der Waals surface area (Å²) in [6, 6.07) is 11.0. The fourth-order valence-electron chi connectivity index (χ4n) is 4.39. The Morgan fingerprint density at radius 1 is 1.00 bits per heavy atom. The topological polar surface area (TPSA) is 122 Å². The summed E-state index contributed by atoms with van der Waals surface area (Å²) < 4.78 is 0. The van der Waals surface area contributed by atoms with Gasteiger partial charge in [0.25, 0.3) is 11.8 Å². The first kappa shape index (κ1) is 28.4. The van der Waals surface area contributed by atoms with Crippen LogP contribution in [0.2, 0.25) is 10.0 Å². The number of hydrogen-bond acceptors (Lipinski definition) is 5. The molecule has 0 spiro atoms. The molecule has 12 heteroatoms. The lowest BCUT2D eigenvalue weighted by molar-refractivity contribution is 0.0950. The first-order valence-electron chi connectivity index (χ1n) is 12.4. The molecule has 0 bridgehead atoms. The standard InChI is InChI=1S/C27H31Cl2N7O3/c1-27(2)22-18(15-36(27)26(39)31-21-19(28)7-5-8-20(21)29)23(34-33-22)32-25(38)17-11-9-16(10-12-17)24(37)30-13-6-14-35(3)4/h5,7-12H,6,13-15H2,1-4H3,(H,30,37)(H,31,39)(H2,32,33,34,38). The zero-order chi connectivity index (χ0) is 28.3. The van der Waals surface area contributed by atoms with E-state index >= 15 is 0 Å². The first-order chi connectivity index (χ1) is 18.5. The van der Waals surface area contributed by atoms with E-state index in [0.29, 0.717) is 50.5 Å². The highest BCUT2D eigenvalue weighted by Crippen LogP contribution is 2.41. The van der Waals surface area contributed by atoms with Crippen molar-refractivity contribution in [3.63, 3.8) is 0 Å². The van der Waals surface area contributed by atoms with E-state index in [0.717, 1.165) is 13.0 Å². The maximum atomic E-state index is 13.2. The summed E-state index contributed by atoms with van der Waals surface area (Å²) in [5, 5.41) is 16.4. The molecule has 2 aromatic carbocycles. The second kappa shape index (κ2) is 11.6. The first-order valence-corrected chi connectivity index (χ1v) is 13.2. The van der Waals surface area contributed by atoms with Crippen LogP contribution in [-0.4, -0.2) is 65.0 Å². The predicted molar refractivity (Wildman–Crippen MR) is 153 cm³/mol. The average Bonchev–Trinajstić information content (AvgIpc) is 3.41. The van der Waals surface area contributed by atoms with Crippen LogP contribution in [0.25, 0.3) is 0 Å². The normalized spacial score (nSPS) is 13.8. The Bertz CT molecular complexity index is 1370. The number of fused-ring (bicyclic) bond motifs is 1. The van der Waals surface area contributed by atoms with Crippen molar-refractivity contribution in [3.05, 3.63) is 74.9 Å². The quantitative estimate of drug-likeness (QED) is 0.285. The van der Waals surface area contributed by atoms with E-state index in [1.807, 2.05) is 27.9 Å². The molecule has 2 heterocycles. The molecule has 206 valence electrons. The molecule has 0 saturated heterocycles. The molecular weight excluding hydrogens is 541 g/mol. The van der Waals surface area contributed by atoms with E-state index in [1.165, 1.54) is 0 Å². The minimum absolute atomic E-state index is 0.190. The molecule has 10 nitrogen and oxygen atoms in total. The molecule has 4 rings (SSSR count). The van der Waals surface area contributed by atoms with Crippen LogP contribution >= 0.6 is 23.2 Å². The summed E-state index contributed by atoms with van der Waals surface area (Å²) in [5.41, 5.74) is 1.83. The lowest BCUT2D eigenvalue weighted by atomic mass is 10.0. The highest BCUT2D eigenvalue weighted by Gasteiger charge is 2.44. The highest BCUT2D eigenvalue weighted by atomic mass is 35.5. The van der Waals surface area contributed by atoms with E-state index in [-0.39, 0.29) is 18.4 Å². The van der Waals surface area contributed by atoms with Gasteiger partial charge in [-0.3, -0.25) is 14.7 Å². The van der Waals surface area contributed by atoms with Crippen molar-refractivity contribution in [2.75, 3.05) is 37.8 Å². The van der Waals surface area contributed by atoms with Gasteiger partial charge < -0.3 is 25.8 Å². The number of amides is 4. The van der Waals surface area contributed by atoms with Gasteiger partial charge in [-0.15, -0.1) is 0 Å². The lowest BCUT2D eigenvalue weighted by Gasteiger charge is -2.32. The molecule has 0 aliphatic carbocycles. The van der Waals surface area contributed by atoms with E-state index in [2.05, 4.69) is 31.0 Å². The van der Waals surface area contributed by atoms with E-state index < -0.39 is 11.6 Å². The minimum atomic E-state index is -0.745. The summed E-state index contributed by atoms with van der Waals surface area (Å²) in [7, 11) is 3.96. The summed E-state index contributed by atoms with van der Waals surface area (Å²) >= 11 is 12.4. The molecule has 4 N–H and O–H groups in total. The number of benzene rings is 2. The maximum absolute atomic E-state index is 13.2. The summed E-state index contributed by atoms with van der Waals surface area (Å²) in [4.78, 5) is 42.2. The van der Waals surface area contributed by atoms with Gasteiger partial charge in [-0.1, -0.05) is 29.3 Å². The monoisotopic (exact) mass is 571 g/mol. The van der Waals surface area contributed by atoms with Gasteiger partial charge in [0.2, 0.25) is 0 Å². The number of halogens is 2. The smallest absolute Gasteiger partial charge is 0.323 e. The molecule has 3 aromatic rings.